The summed E-state index contributed by atoms with van der Waals surface area (Å²) in [5.74, 6) is 6.37. The van der Waals surface area contributed by atoms with Gasteiger partial charge in [-0.2, -0.15) is 5.10 Å². The van der Waals surface area contributed by atoms with E-state index in [1.807, 2.05) is 59.5 Å². The van der Waals surface area contributed by atoms with Gasteiger partial charge in [-0.15, -0.1) is 0 Å². The molecule has 1 saturated heterocycles. The summed E-state index contributed by atoms with van der Waals surface area (Å²) in [5.41, 5.74) is 4.87. The van der Waals surface area contributed by atoms with Crippen molar-refractivity contribution in [1.82, 2.24) is 19.7 Å². The van der Waals surface area contributed by atoms with Crippen LogP contribution >= 0.6 is 11.6 Å². The maximum Gasteiger partial charge on any atom is 0.113 e. The zero-order valence-electron chi connectivity index (χ0n) is 18.3. The number of hydrogen-bond donors (Lipinski definition) is 1. The Morgan fingerprint density at radius 2 is 1.82 bits per heavy atom. The second-order valence-corrected chi connectivity index (χ2v) is 8.78. The van der Waals surface area contributed by atoms with Crippen LogP contribution in [0.4, 0.5) is 0 Å². The molecule has 0 amide bonds. The van der Waals surface area contributed by atoms with Crippen molar-refractivity contribution in [3.63, 3.8) is 0 Å². The molecule has 0 saturated carbocycles. The van der Waals surface area contributed by atoms with Gasteiger partial charge in [-0.25, -0.2) is 4.98 Å². The quantitative estimate of drug-likeness (QED) is 0.446. The number of benzene rings is 2. The molecule has 6 heteroatoms. The van der Waals surface area contributed by atoms with Gasteiger partial charge in [0.1, 0.15) is 5.69 Å². The van der Waals surface area contributed by atoms with Crippen LogP contribution in [0.3, 0.4) is 0 Å². The lowest BCUT2D eigenvalue weighted by atomic mass is 10.1. The lowest BCUT2D eigenvalue weighted by molar-refractivity contribution is 0.154. The lowest BCUT2D eigenvalue weighted by Gasteiger charge is -2.22. The molecule has 4 aromatic rings. The Labute approximate surface area is 198 Å². The first kappa shape index (κ1) is 21.7. The monoisotopic (exact) mass is 456 g/mol. The summed E-state index contributed by atoms with van der Waals surface area (Å²) in [7, 11) is 0. The van der Waals surface area contributed by atoms with E-state index in [9.17, 15) is 5.11 Å². The summed E-state index contributed by atoms with van der Waals surface area (Å²) in [4.78, 5) is 6.85. The maximum atomic E-state index is 9.52. The number of aliphatic hydroxyl groups excluding tert-OH is 1. The van der Waals surface area contributed by atoms with Crippen molar-refractivity contribution in [1.29, 1.82) is 0 Å². The van der Waals surface area contributed by atoms with Gasteiger partial charge in [0.05, 0.1) is 24.9 Å². The van der Waals surface area contributed by atoms with E-state index in [1.165, 1.54) is 0 Å². The van der Waals surface area contributed by atoms with E-state index in [4.69, 9.17) is 11.6 Å². The zero-order chi connectivity index (χ0) is 22.6. The van der Waals surface area contributed by atoms with Crippen molar-refractivity contribution in [2.75, 3.05) is 19.7 Å². The maximum absolute atomic E-state index is 9.52. The van der Waals surface area contributed by atoms with Gasteiger partial charge in [0.25, 0.3) is 0 Å². The van der Waals surface area contributed by atoms with Gasteiger partial charge in [0.15, 0.2) is 0 Å². The number of rotatable bonds is 5. The molecular formula is C27H25ClN4O. The van der Waals surface area contributed by atoms with Crippen LogP contribution in [0.2, 0.25) is 5.02 Å². The minimum absolute atomic E-state index is 0.237. The number of fused-ring (bicyclic) bond motifs is 1. The molecule has 1 aliphatic rings. The van der Waals surface area contributed by atoms with Gasteiger partial charge >= 0.3 is 0 Å². The number of nitrogens with zero attached hydrogens (tertiary/aromatic N) is 4. The summed E-state index contributed by atoms with van der Waals surface area (Å²) in [5, 5.41) is 15.9. The third-order valence-corrected chi connectivity index (χ3v) is 6.48. The number of halogens is 1. The molecule has 2 aromatic carbocycles. The van der Waals surface area contributed by atoms with E-state index < -0.39 is 0 Å². The smallest absolute Gasteiger partial charge is 0.113 e. The van der Waals surface area contributed by atoms with Gasteiger partial charge in [-0.3, -0.25) is 9.58 Å². The molecule has 0 bridgehead atoms. The Morgan fingerprint density at radius 3 is 2.61 bits per heavy atom. The first-order chi connectivity index (χ1) is 16.2. The molecular weight excluding hydrogens is 432 g/mol. The summed E-state index contributed by atoms with van der Waals surface area (Å²) < 4.78 is 2.04. The van der Waals surface area contributed by atoms with Crippen LogP contribution in [0, 0.1) is 11.8 Å². The minimum atomic E-state index is 0.237. The molecule has 5 rings (SSSR count). The summed E-state index contributed by atoms with van der Waals surface area (Å²) >= 11 is 5.97. The predicted molar refractivity (Wildman–Crippen MR) is 132 cm³/mol. The topological polar surface area (TPSA) is 54.2 Å². The fraction of sp³-hybridized carbons (Fsp3) is 0.259. The van der Waals surface area contributed by atoms with Crippen LogP contribution in [0.1, 0.15) is 24.1 Å². The van der Waals surface area contributed by atoms with E-state index in [-0.39, 0.29) is 6.61 Å². The highest BCUT2D eigenvalue weighted by molar-refractivity contribution is 6.30. The SMILES string of the molecule is OC[C@@H]1CCCN1CCn1ncc2cc(C#Cc3ccc(-c4ccc(Cl)cc4)cn3)ccc21. The van der Waals surface area contributed by atoms with Gasteiger partial charge in [-0.05, 0) is 67.3 Å². The fourth-order valence-corrected chi connectivity index (χ4v) is 4.51. The molecule has 5 nitrogen and oxygen atoms in total. The molecule has 1 aliphatic heterocycles. The van der Waals surface area contributed by atoms with Crippen molar-refractivity contribution in [2.24, 2.45) is 0 Å². The van der Waals surface area contributed by atoms with Crippen LogP contribution in [0.5, 0.6) is 0 Å². The van der Waals surface area contributed by atoms with Gasteiger partial charge in [0.2, 0.25) is 0 Å². The van der Waals surface area contributed by atoms with Gasteiger partial charge in [0, 0.05) is 40.3 Å². The second kappa shape index (κ2) is 9.76. The fourth-order valence-electron chi connectivity index (χ4n) is 4.38. The summed E-state index contributed by atoms with van der Waals surface area (Å²) in [6.07, 6.45) is 5.97. The van der Waals surface area contributed by atoms with E-state index in [0.29, 0.717) is 6.04 Å². The van der Waals surface area contributed by atoms with Crippen LogP contribution in [-0.4, -0.2) is 50.5 Å². The normalized spacial score (nSPS) is 16.1. The predicted octanol–water partition coefficient (Wildman–Crippen LogP) is 4.61. The van der Waals surface area contributed by atoms with E-state index in [0.717, 1.165) is 70.8 Å². The van der Waals surface area contributed by atoms with Crippen molar-refractivity contribution in [3.8, 4) is 23.0 Å². The highest BCUT2D eigenvalue weighted by Crippen LogP contribution is 2.21. The lowest BCUT2D eigenvalue weighted by Crippen LogP contribution is -2.34. The Balaban J connectivity index is 1.27. The van der Waals surface area contributed by atoms with E-state index in [1.54, 1.807) is 0 Å². The van der Waals surface area contributed by atoms with Crippen molar-refractivity contribution < 1.29 is 5.11 Å². The number of aromatic nitrogens is 3. The van der Waals surface area contributed by atoms with E-state index in [2.05, 4.69) is 39.0 Å². The third kappa shape index (κ3) is 4.94. The Morgan fingerprint density at radius 1 is 0.970 bits per heavy atom. The Bertz CT molecular complexity index is 1300. The second-order valence-electron chi connectivity index (χ2n) is 8.34. The Kier molecular flexibility index (Phi) is 6.41. The standard InChI is InChI=1S/C27H25ClN4O/c28-24-8-5-21(6-9-24)22-7-11-25(29-17-22)10-3-20-4-12-27-23(16-20)18-30-32(27)15-14-31-13-1-2-26(31)19-33/h4-9,11-12,16-18,26,33H,1-2,13-15,19H2/t26-/m0/s1. The van der Waals surface area contributed by atoms with Crippen LogP contribution < -0.4 is 0 Å². The molecule has 0 aliphatic carbocycles. The first-order valence-electron chi connectivity index (χ1n) is 11.2. The number of hydrogen-bond acceptors (Lipinski definition) is 4. The van der Waals surface area contributed by atoms with Crippen molar-refractivity contribution >= 4 is 22.5 Å². The zero-order valence-corrected chi connectivity index (χ0v) is 19.0. The van der Waals surface area contributed by atoms with Crippen LogP contribution in [-0.2, 0) is 6.54 Å². The van der Waals surface area contributed by atoms with Gasteiger partial charge < -0.3 is 5.11 Å². The molecule has 1 fully saturated rings. The molecule has 2 aromatic heterocycles. The highest BCUT2D eigenvalue weighted by atomic mass is 35.5. The molecule has 1 atom stereocenters. The molecule has 0 spiro atoms. The number of pyridine rings is 1. The summed E-state index contributed by atoms with van der Waals surface area (Å²) in [6, 6.07) is 18.1. The first-order valence-corrected chi connectivity index (χ1v) is 11.6. The van der Waals surface area contributed by atoms with Gasteiger partial charge in [-0.1, -0.05) is 35.7 Å². The van der Waals surface area contributed by atoms with Crippen LogP contribution in [0.15, 0.2) is 67.0 Å². The molecule has 33 heavy (non-hydrogen) atoms. The average molecular weight is 457 g/mol. The molecule has 0 radical (unpaired) electrons. The minimum Gasteiger partial charge on any atom is -0.395 e. The van der Waals surface area contributed by atoms with E-state index >= 15 is 0 Å². The molecule has 1 N–H and O–H groups in total. The molecule has 3 heterocycles. The summed E-state index contributed by atoms with van der Waals surface area (Å²) in [6.45, 7) is 3.01. The third-order valence-electron chi connectivity index (χ3n) is 6.23. The largest absolute Gasteiger partial charge is 0.395 e. The van der Waals surface area contributed by atoms with Crippen molar-refractivity contribution in [2.45, 2.75) is 25.4 Å². The van der Waals surface area contributed by atoms with Crippen LogP contribution in [0.25, 0.3) is 22.0 Å². The Hall–Kier alpha value is -3.17. The average Bonchev–Trinajstić information content (AvgIpc) is 3.48. The number of aliphatic hydroxyl groups is 1. The highest BCUT2D eigenvalue weighted by Gasteiger charge is 2.23. The molecule has 0 unspecified atom stereocenters. The molecule has 166 valence electrons. The number of likely N-dealkylation sites (tertiary alicyclic amines) is 1. The van der Waals surface area contributed by atoms with Crippen molar-refractivity contribution in [3.05, 3.63) is 83.3 Å².